The highest BCUT2D eigenvalue weighted by molar-refractivity contribution is 5.95. The Labute approximate surface area is 112 Å². The van der Waals surface area contributed by atoms with Crippen LogP contribution in [0.5, 0.6) is 0 Å². The topological polar surface area (TPSA) is 68.2 Å². The Hall–Kier alpha value is -1.78. The maximum atomic E-state index is 5.91. The fraction of sp³-hybridized carbons (Fsp3) is 0.571. The predicted octanol–water partition coefficient (Wildman–Crippen LogP) is 2.96. The minimum atomic E-state index is 0.599. The number of benzene rings is 1. The number of rotatable bonds is 3. The van der Waals surface area contributed by atoms with Crippen LogP contribution < -0.4 is 10.6 Å². The van der Waals surface area contributed by atoms with Crippen LogP contribution >= 0.6 is 0 Å². The lowest BCUT2D eigenvalue weighted by atomic mass is 9.97. The van der Waals surface area contributed by atoms with Crippen LogP contribution in [0, 0.1) is 0 Å². The van der Waals surface area contributed by atoms with E-state index in [4.69, 9.17) is 10.4 Å². The molecule has 1 aliphatic heterocycles. The second-order valence-electron chi connectivity index (χ2n) is 5.27. The molecule has 1 aliphatic rings. The lowest BCUT2D eigenvalue weighted by molar-refractivity contribution is 0.315. The average Bonchev–Trinajstić information content (AvgIpc) is 2.91. The minimum absolute atomic E-state index is 0.599. The first-order valence-electron chi connectivity index (χ1n) is 7.08. The number of anilines is 2. The van der Waals surface area contributed by atoms with Crippen LogP contribution in [0.1, 0.15) is 39.0 Å². The molecule has 3 rings (SSSR count). The number of fused-ring (bicyclic) bond motifs is 1. The molecule has 2 N–H and O–H groups in total. The molecular formula is C14H20N4O. The molecule has 2 aromatic rings. The SMILES string of the molecule is CCCC1CCCCN1c1ccc(N)c2nonc12. The number of nitrogen functional groups attached to an aromatic ring is 1. The van der Waals surface area contributed by atoms with Crippen molar-refractivity contribution in [1.82, 2.24) is 10.3 Å². The van der Waals surface area contributed by atoms with Crippen LogP contribution in [0.4, 0.5) is 11.4 Å². The van der Waals surface area contributed by atoms with Gasteiger partial charge in [-0.2, -0.15) is 0 Å². The Balaban J connectivity index is 2.02. The molecule has 0 spiro atoms. The van der Waals surface area contributed by atoms with Gasteiger partial charge in [-0.25, -0.2) is 4.63 Å². The zero-order valence-electron chi connectivity index (χ0n) is 11.3. The van der Waals surface area contributed by atoms with Gasteiger partial charge in [-0.15, -0.1) is 0 Å². The van der Waals surface area contributed by atoms with Gasteiger partial charge in [0.25, 0.3) is 0 Å². The summed E-state index contributed by atoms with van der Waals surface area (Å²) >= 11 is 0. The highest BCUT2D eigenvalue weighted by Crippen LogP contribution is 2.33. The minimum Gasteiger partial charge on any atom is -0.397 e. The molecule has 0 radical (unpaired) electrons. The Bertz CT molecular complexity index is 564. The second-order valence-corrected chi connectivity index (χ2v) is 5.27. The molecule has 1 fully saturated rings. The highest BCUT2D eigenvalue weighted by Gasteiger charge is 2.25. The molecule has 102 valence electrons. The van der Waals surface area contributed by atoms with Gasteiger partial charge in [0.15, 0.2) is 11.0 Å². The summed E-state index contributed by atoms with van der Waals surface area (Å²) in [5.41, 5.74) is 9.13. The highest BCUT2D eigenvalue weighted by atomic mass is 16.6. The van der Waals surface area contributed by atoms with Crippen LogP contribution in [0.3, 0.4) is 0 Å². The fourth-order valence-electron chi connectivity index (χ4n) is 3.06. The van der Waals surface area contributed by atoms with Crippen molar-refractivity contribution in [2.45, 2.75) is 45.1 Å². The molecule has 5 nitrogen and oxygen atoms in total. The third-order valence-electron chi connectivity index (χ3n) is 3.98. The Morgan fingerprint density at radius 3 is 3.00 bits per heavy atom. The zero-order chi connectivity index (χ0) is 13.2. The second kappa shape index (κ2) is 5.07. The third-order valence-corrected chi connectivity index (χ3v) is 3.98. The first kappa shape index (κ1) is 12.3. The summed E-state index contributed by atoms with van der Waals surface area (Å²) in [6, 6.07) is 4.55. The first-order chi connectivity index (χ1) is 9.31. The molecule has 1 unspecified atom stereocenters. The zero-order valence-corrected chi connectivity index (χ0v) is 11.3. The van der Waals surface area contributed by atoms with E-state index in [1.165, 1.54) is 32.1 Å². The molecule has 19 heavy (non-hydrogen) atoms. The van der Waals surface area contributed by atoms with Crippen molar-refractivity contribution in [3.8, 4) is 0 Å². The maximum Gasteiger partial charge on any atom is 0.160 e. The van der Waals surface area contributed by atoms with Crippen LogP contribution in [0.15, 0.2) is 16.8 Å². The molecule has 2 heterocycles. The number of nitrogens with zero attached hydrogens (tertiary/aromatic N) is 3. The summed E-state index contributed by atoms with van der Waals surface area (Å²) in [6.45, 7) is 3.32. The van der Waals surface area contributed by atoms with Gasteiger partial charge in [0.2, 0.25) is 0 Å². The van der Waals surface area contributed by atoms with Gasteiger partial charge in [-0.3, -0.25) is 0 Å². The van der Waals surface area contributed by atoms with E-state index in [9.17, 15) is 0 Å². The van der Waals surface area contributed by atoms with Crippen molar-refractivity contribution in [2.75, 3.05) is 17.2 Å². The monoisotopic (exact) mass is 260 g/mol. The van der Waals surface area contributed by atoms with Crippen LogP contribution in [0.2, 0.25) is 0 Å². The first-order valence-corrected chi connectivity index (χ1v) is 7.08. The van der Waals surface area contributed by atoms with Crippen molar-refractivity contribution in [1.29, 1.82) is 0 Å². The van der Waals surface area contributed by atoms with Crippen LogP contribution in [0.25, 0.3) is 11.0 Å². The van der Waals surface area contributed by atoms with E-state index in [-0.39, 0.29) is 0 Å². The van der Waals surface area contributed by atoms with Gasteiger partial charge >= 0.3 is 0 Å². The van der Waals surface area contributed by atoms with E-state index in [2.05, 4.69) is 28.2 Å². The largest absolute Gasteiger partial charge is 0.397 e. The summed E-state index contributed by atoms with van der Waals surface area (Å²) in [6.07, 6.45) is 6.23. The summed E-state index contributed by atoms with van der Waals surface area (Å²) in [5, 5.41) is 7.95. The molecule has 0 aliphatic carbocycles. The van der Waals surface area contributed by atoms with Gasteiger partial charge in [0.1, 0.15) is 0 Å². The lowest BCUT2D eigenvalue weighted by Crippen LogP contribution is -2.39. The van der Waals surface area contributed by atoms with Crippen molar-refractivity contribution in [2.24, 2.45) is 0 Å². The maximum absolute atomic E-state index is 5.91. The molecule has 1 aromatic heterocycles. The van der Waals surface area contributed by atoms with E-state index in [1.807, 2.05) is 6.07 Å². The number of piperidine rings is 1. The van der Waals surface area contributed by atoms with Crippen molar-refractivity contribution >= 4 is 22.4 Å². The molecule has 5 heteroatoms. The molecule has 0 amide bonds. The van der Waals surface area contributed by atoms with E-state index in [0.717, 1.165) is 17.7 Å². The smallest absolute Gasteiger partial charge is 0.160 e. The van der Waals surface area contributed by atoms with Crippen molar-refractivity contribution in [3.05, 3.63) is 12.1 Å². The van der Waals surface area contributed by atoms with Gasteiger partial charge < -0.3 is 10.6 Å². The van der Waals surface area contributed by atoms with Crippen LogP contribution in [-0.4, -0.2) is 22.9 Å². The van der Waals surface area contributed by atoms with E-state index in [0.29, 0.717) is 17.2 Å². The molecule has 1 aromatic carbocycles. The summed E-state index contributed by atoms with van der Waals surface area (Å²) in [7, 11) is 0. The summed E-state index contributed by atoms with van der Waals surface area (Å²) < 4.78 is 4.87. The predicted molar refractivity (Wildman–Crippen MR) is 76.1 cm³/mol. The summed E-state index contributed by atoms with van der Waals surface area (Å²) in [4.78, 5) is 2.46. The molecule has 0 bridgehead atoms. The Kier molecular flexibility index (Phi) is 3.27. The fourth-order valence-corrected chi connectivity index (χ4v) is 3.06. The molecule has 0 saturated carbocycles. The number of nitrogens with two attached hydrogens (primary N) is 1. The van der Waals surface area contributed by atoms with E-state index >= 15 is 0 Å². The Morgan fingerprint density at radius 1 is 1.32 bits per heavy atom. The van der Waals surface area contributed by atoms with Crippen molar-refractivity contribution in [3.63, 3.8) is 0 Å². The number of hydrogen-bond acceptors (Lipinski definition) is 5. The van der Waals surface area contributed by atoms with Gasteiger partial charge in [0.05, 0.1) is 11.4 Å². The lowest BCUT2D eigenvalue weighted by Gasteiger charge is -2.37. The molecular weight excluding hydrogens is 240 g/mol. The quantitative estimate of drug-likeness (QED) is 0.859. The van der Waals surface area contributed by atoms with Crippen molar-refractivity contribution < 1.29 is 4.63 Å². The third kappa shape index (κ3) is 2.13. The standard InChI is InChI=1S/C14H20N4O/c1-2-5-10-6-3-4-9-18(10)12-8-7-11(15)13-14(12)17-19-16-13/h7-8,10H,2-6,9,15H2,1H3. The molecule has 1 saturated heterocycles. The van der Waals surface area contributed by atoms with E-state index in [1.54, 1.807) is 0 Å². The number of aromatic nitrogens is 2. The van der Waals surface area contributed by atoms with Gasteiger partial charge in [-0.1, -0.05) is 13.3 Å². The normalized spacial score (nSPS) is 20.1. The number of hydrogen-bond donors (Lipinski definition) is 1. The van der Waals surface area contributed by atoms with Crippen LogP contribution in [-0.2, 0) is 0 Å². The Morgan fingerprint density at radius 2 is 2.16 bits per heavy atom. The molecule has 1 atom stereocenters. The average molecular weight is 260 g/mol. The van der Waals surface area contributed by atoms with Gasteiger partial charge in [0, 0.05) is 12.6 Å². The van der Waals surface area contributed by atoms with E-state index < -0.39 is 0 Å². The van der Waals surface area contributed by atoms with Gasteiger partial charge in [-0.05, 0) is 48.1 Å². The summed E-state index contributed by atoms with van der Waals surface area (Å²) in [5.74, 6) is 0.